The fourth-order valence-electron chi connectivity index (χ4n) is 2.45. The van der Waals surface area contributed by atoms with Crippen LogP contribution in [0.4, 0.5) is 11.5 Å². The highest BCUT2D eigenvalue weighted by Crippen LogP contribution is 2.31. The van der Waals surface area contributed by atoms with Gasteiger partial charge in [-0.05, 0) is 42.5 Å². The minimum atomic E-state index is -0.0372. The van der Waals surface area contributed by atoms with Crippen molar-refractivity contribution in [2.75, 3.05) is 30.9 Å². The maximum atomic E-state index is 12.0. The van der Waals surface area contributed by atoms with Gasteiger partial charge in [-0.15, -0.1) is 0 Å². The van der Waals surface area contributed by atoms with E-state index in [0.717, 1.165) is 35.1 Å². The summed E-state index contributed by atoms with van der Waals surface area (Å²) in [5, 5.41) is 3.03. The molecule has 0 spiro atoms. The van der Waals surface area contributed by atoms with Gasteiger partial charge in [0, 0.05) is 38.6 Å². The lowest BCUT2D eigenvalue weighted by Gasteiger charge is -2.18. The van der Waals surface area contributed by atoms with Crippen LogP contribution in [0.2, 0.25) is 0 Å². The Morgan fingerprint density at radius 1 is 1.38 bits per heavy atom. The van der Waals surface area contributed by atoms with Crippen LogP contribution >= 0.6 is 0 Å². The molecule has 1 saturated carbocycles. The van der Waals surface area contributed by atoms with E-state index in [2.05, 4.69) is 20.2 Å². The Morgan fingerprint density at radius 3 is 2.90 bits per heavy atom. The minimum Gasteiger partial charge on any atom is -0.373 e. The second kappa shape index (κ2) is 5.60. The third-order valence-corrected chi connectivity index (χ3v) is 3.87. The second-order valence-electron chi connectivity index (χ2n) is 5.61. The lowest BCUT2D eigenvalue weighted by Crippen LogP contribution is -2.26. The highest BCUT2D eigenvalue weighted by Gasteiger charge is 2.23. The number of hydrogen-bond donors (Lipinski definition) is 2. The molecule has 0 aromatic carbocycles. The largest absolute Gasteiger partial charge is 0.373 e. The van der Waals surface area contributed by atoms with Gasteiger partial charge in [0.15, 0.2) is 0 Å². The molecule has 2 aromatic heterocycles. The number of aromatic nitrogens is 2. The third-order valence-electron chi connectivity index (χ3n) is 3.87. The summed E-state index contributed by atoms with van der Waals surface area (Å²) in [6.45, 7) is 0.949. The maximum absolute atomic E-state index is 12.0. The quantitative estimate of drug-likeness (QED) is 0.884. The normalized spacial score (nSPS) is 14.0. The first-order chi connectivity index (χ1) is 10.2. The van der Waals surface area contributed by atoms with Crippen molar-refractivity contribution in [2.45, 2.75) is 12.8 Å². The summed E-state index contributed by atoms with van der Waals surface area (Å²) in [5.41, 5.74) is 2.71. The van der Waals surface area contributed by atoms with Gasteiger partial charge in [-0.25, -0.2) is 4.98 Å². The average molecular weight is 284 g/mol. The van der Waals surface area contributed by atoms with Crippen molar-refractivity contribution in [1.29, 1.82) is 0 Å². The van der Waals surface area contributed by atoms with Crippen LogP contribution in [-0.2, 0) is 0 Å². The zero-order valence-electron chi connectivity index (χ0n) is 12.4. The summed E-state index contributed by atoms with van der Waals surface area (Å²) in [7, 11) is 3.83. The van der Waals surface area contributed by atoms with Crippen LogP contribution in [0.3, 0.4) is 0 Å². The standard InChI is InChI=1S/C16H20N4O/c1-17-15-8-12(5-6-18-15)13-7-14(16(21)19-9-13)20(2)10-11-3-4-11/h5-9,11H,3-4,10H2,1-2H3,(H,17,18)(H,19,21). The first-order valence-corrected chi connectivity index (χ1v) is 7.25. The summed E-state index contributed by atoms with van der Waals surface area (Å²) in [6.07, 6.45) is 6.07. The first-order valence-electron chi connectivity index (χ1n) is 7.25. The Bertz CT molecular complexity index is 691. The fourth-order valence-corrected chi connectivity index (χ4v) is 2.45. The number of hydrogen-bond acceptors (Lipinski definition) is 4. The highest BCUT2D eigenvalue weighted by molar-refractivity contribution is 5.69. The van der Waals surface area contributed by atoms with Gasteiger partial charge in [0.05, 0.1) is 0 Å². The predicted molar refractivity (Wildman–Crippen MR) is 85.8 cm³/mol. The zero-order chi connectivity index (χ0) is 14.8. The Balaban J connectivity index is 1.93. The summed E-state index contributed by atoms with van der Waals surface area (Å²) in [5.74, 6) is 1.56. The molecule has 21 heavy (non-hydrogen) atoms. The topological polar surface area (TPSA) is 61.0 Å². The molecule has 2 heterocycles. The molecule has 0 saturated heterocycles. The highest BCUT2D eigenvalue weighted by atomic mass is 16.1. The molecule has 5 nitrogen and oxygen atoms in total. The van der Waals surface area contributed by atoms with Crippen molar-refractivity contribution < 1.29 is 0 Å². The molecule has 0 aliphatic heterocycles. The molecule has 5 heteroatoms. The molecule has 2 N–H and O–H groups in total. The molecule has 0 radical (unpaired) electrons. The van der Waals surface area contributed by atoms with Gasteiger partial charge in [-0.2, -0.15) is 0 Å². The van der Waals surface area contributed by atoms with E-state index in [4.69, 9.17) is 0 Å². The van der Waals surface area contributed by atoms with Gasteiger partial charge in [-0.1, -0.05) is 0 Å². The van der Waals surface area contributed by atoms with Gasteiger partial charge < -0.3 is 15.2 Å². The lowest BCUT2D eigenvalue weighted by molar-refractivity contribution is 0.783. The van der Waals surface area contributed by atoms with Crippen molar-refractivity contribution in [3.8, 4) is 11.1 Å². The predicted octanol–water partition coefficient (Wildman–Crippen LogP) is 2.32. The molecule has 2 aromatic rings. The van der Waals surface area contributed by atoms with Gasteiger partial charge in [0.2, 0.25) is 0 Å². The number of nitrogens with zero attached hydrogens (tertiary/aromatic N) is 2. The molecule has 0 atom stereocenters. The molecule has 1 aliphatic carbocycles. The molecule has 3 rings (SSSR count). The summed E-state index contributed by atoms with van der Waals surface area (Å²) < 4.78 is 0. The molecular weight excluding hydrogens is 264 g/mol. The molecule has 1 fully saturated rings. The third kappa shape index (κ3) is 3.07. The monoisotopic (exact) mass is 284 g/mol. The lowest BCUT2D eigenvalue weighted by atomic mass is 10.1. The summed E-state index contributed by atoms with van der Waals surface area (Å²) in [6, 6.07) is 5.87. The van der Waals surface area contributed by atoms with Crippen molar-refractivity contribution >= 4 is 11.5 Å². The van der Waals surface area contributed by atoms with Crippen LogP contribution in [-0.4, -0.2) is 30.6 Å². The number of rotatable bonds is 5. The van der Waals surface area contributed by atoms with Crippen LogP contribution in [0.25, 0.3) is 11.1 Å². The van der Waals surface area contributed by atoms with Gasteiger partial charge in [0.1, 0.15) is 11.5 Å². The number of anilines is 2. The van der Waals surface area contributed by atoms with E-state index in [1.54, 1.807) is 12.4 Å². The van der Waals surface area contributed by atoms with E-state index in [0.29, 0.717) is 0 Å². The number of H-pyrrole nitrogens is 1. The summed E-state index contributed by atoms with van der Waals surface area (Å²) in [4.78, 5) is 21.2. The Morgan fingerprint density at radius 2 is 2.19 bits per heavy atom. The van der Waals surface area contributed by atoms with Crippen molar-refractivity contribution in [3.63, 3.8) is 0 Å². The van der Waals surface area contributed by atoms with E-state index in [1.165, 1.54) is 12.8 Å². The molecule has 0 amide bonds. The second-order valence-corrected chi connectivity index (χ2v) is 5.61. The number of aromatic amines is 1. The summed E-state index contributed by atoms with van der Waals surface area (Å²) >= 11 is 0. The van der Waals surface area contributed by atoms with Gasteiger partial charge in [-0.3, -0.25) is 4.79 Å². The van der Waals surface area contributed by atoms with Crippen LogP contribution in [0, 0.1) is 5.92 Å². The minimum absolute atomic E-state index is 0.0372. The Kier molecular flexibility index (Phi) is 3.64. The fraction of sp³-hybridized carbons (Fsp3) is 0.375. The Hall–Kier alpha value is -2.30. The first kappa shape index (κ1) is 13.7. The van der Waals surface area contributed by atoms with Gasteiger partial charge in [0.25, 0.3) is 5.56 Å². The van der Waals surface area contributed by atoms with Crippen LogP contribution < -0.4 is 15.8 Å². The molecule has 110 valence electrons. The zero-order valence-corrected chi connectivity index (χ0v) is 12.4. The van der Waals surface area contributed by atoms with E-state index < -0.39 is 0 Å². The van der Waals surface area contributed by atoms with Crippen LogP contribution in [0.5, 0.6) is 0 Å². The SMILES string of the molecule is CNc1cc(-c2c[nH]c(=O)c(N(C)CC3CC3)c2)ccn1. The van der Waals surface area contributed by atoms with Gasteiger partial charge >= 0.3 is 0 Å². The molecule has 0 unspecified atom stereocenters. The van der Waals surface area contributed by atoms with E-state index in [-0.39, 0.29) is 5.56 Å². The van der Waals surface area contributed by atoms with Crippen molar-refractivity contribution in [2.24, 2.45) is 5.92 Å². The van der Waals surface area contributed by atoms with Crippen LogP contribution in [0.1, 0.15) is 12.8 Å². The van der Waals surface area contributed by atoms with E-state index in [9.17, 15) is 4.79 Å². The number of nitrogens with one attached hydrogen (secondary N) is 2. The average Bonchev–Trinajstić information content (AvgIpc) is 3.31. The van der Waals surface area contributed by atoms with Crippen LogP contribution in [0.15, 0.2) is 35.4 Å². The molecular formula is C16H20N4O. The van der Waals surface area contributed by atoms with Crippen molar-refractivity contribution in [3.05, 3.63) is 40.9 Å². The molecule has 0 bridgehead atoms. The Labute approximate surface area is 124 Å². The molecule has 1 aliphatic rings. The smallest absolute Gasteiger partial charge is 0.271 e. The van der Waals surface area contributed by atoms with E-state index in [1.807, 2.05) is 32.3 Å². The van der Waals surface area contributed by atoms with Crippen molar-refractivity contribution in [1.82, 2.24) is 9.97 Å². The van der Waals surface area contributed by atoms with E-state index >= 15 is 0 Å². The number of pyridine rings is 2. The maximum Gasteiger partial charge on any atom is 0.271 e.